The Hall–Kier alpha value is -1.10. The van der Waals surface area contributed by atoms with Gasteiger partial charge in [-0.25, -0.2) is 9.78 Å². The van der Waals surface area contributed by atoms with Crippen molar-refractivity contribution in [2.24, 2.45) is 10.8 Å². The van der Waals surface area contributed by atoms with E-state index in [9.17, 15) is 9.90 Å². The van der Waals surface area contributed by atoms with E-state index in [1.54, 1.807) is 12.3 Å². The normalized spacial score (nSPS) is 21.0. The number of halogens is 1. The lowest BCUT2D eigenvalue weighted by Crippen LogP contribution is -2.40. The smallest absolute Gasteiger partial charge is 0.339 e. The van der Waals surface area contributed by atoms with E-state index in [0.29, 0.717) is 10.3 Å². The molecule has 2 N–H and O–H groups in total. The number of pyridine rings is 1. The van der Waals surface area contributed by atoms with Crippen LogP contribution < -0.4 is 5.32 Å². The first kappa shape index (κ1) is 16.3. The first-order valence-electron chi connectivity index (χ1n) is 7.23. The summed E-state index contributed by atoms with van der Waals surface area (Å²) in [5.74, 6) is -0.496. The minimum atomic E-state index is -0.958. The average molecular weight is 355 g/mol. The fourth-order valence-electron chi connectivity index (χ4n) is 3.86. The van der Waals surface area contributed by atoms with Gasteiger partial charge in [-0.1, -0.05) is 27.7 Å². The van der Waals surface area contributed by atoms with Gasteiger partial charge in [0.05, 0.1) is 0 Å². The summed E-state index contributed by atoms with van der Waals surface area (Å²) in [4.78, 5) is 15.6. The number of anilines is 1. The van der Waals surface area contributed by atoms with Crippen LogP contribution in [-0.4, -0.2) is 22.1 Å². The van der Waals surface area contributed by atoms with Crippen molar-refractivity contribution in [2.75, 3.05) is 5.32 Å². The lowest BCUT2D eigenvalue weighted by Gasteiger charge is -2.45. The fraction of sp³-hybridized carbons (Fsp3) is 0.625. The van der Waals surface area contributed by atoms with Crippen molar-refractivity contribution in [1.29, 1.82) is 0 Å². The van der Waals surface area contributed by atoms with Gasteiger partial charge in [-0.05, 0) is 52.1 Å². The number of carbonyl (C=O) groups is 1. The number of hydrogen-bond donors (Lipinski definition) is 2. The van der Waals surface area contributed by atoms with Gasteiger partial charge in [0.1, 0.15) is 11.4 Å². The van der Waals surface area contributed by atoms with Crippen molar-refractivity contribution in [3.05, 3.63) is 22.3 Å². The van der Waals surface area contributed by atoms with Gasteiger partial charge >= 0.3 is 5.97 Å². The van der Waals surface area contributed by atoms with Crippen molar-refractivity contribution in [2.45, 2.75) is 53.0 Å². The van der Waals surface area contributed by atoms with Crippen LogP contribution in [0.3, 0.4) is 0 Å². The molecule has 0 radical (unpaired) electrons. The Morgan fingerprint density at radius 3 is 2.43 bits per heavy atom. The molecule has 1 aromatic rings. The third kappa shape index (κ3) is 4.19. The summed E-state index contributed by atoms with van der Waals surface area (Å²) in [6, 6.07) is 1.84. The molecule has 1 aromatic heterocycles. The van der Waals surface area contributed by atoms with Crippen LogP contribution in [0.2, 0.25) is 0 Å². The van der Waals surface area contributed by atoms with Crippen LogP contribution in [0.1, 0.15) is 57.3 Å². The first-order valence-corrected chi connectivity index (χ1v) is 8.03. The minimum absolute atomic E-state index is 0.213. The fourth-order valence-corrected chi connectivity index (χ4v) is 4.19. The van der Waals surface area contributed by atoms with Crippen molar-refractivity contribution in [3.8, 4) is 0 Å². The summed E-state index contributed by atoms with van der Waals surface area (Å²) < 4.78 is 0.676. The SMILES string of the molecule is CC1(C)CC(Nc2ncc(Br)cc2C(=O)O)CC(C)(C)C1. The highest BCUT2D eigenvalue weighted by atomic mass is 79.9. The molecule has 0 unspecified atom stereocenters. The largest absolute Gasteiger partial charge is 0.478 e. The lowest BCUT2D eigenvalue weighted by molar-refractivity contribution is 0.0697. The monoisotopic (exact) mass is 354 g/mol. The zero-order valence-electron chi connectivity index (χ0n) is 13.0. The van der Waals surface area contributed by atoms with Gasteiger partial charge in [0, 0.05) is 16.7 Å². The van der Waals surface area contributed by atoms with Gasteiger partial charge in [0.15, 0.2) is 0 Å². The zero-order chi connectivity index (χ0) is 15.8. The van der Waals surface area contributed by atoms with Gasteiger partial charge in [0.2, 0.25) is 0 Å². The molecule has 0 aromatic carbocycles. The van der Waals surface area contributed by atoms with E-state index in [-0.39, 0.29) is 22.4 Å². The molecule has 1 fully saturated rings. The van der Waals surface area contributed by atoms with Gasteiger partial charge in [-0.3, -0.25) is 0 Å². The molecule has 21 heavy (non-hydrogen) atoms. The van der Waals surface area contributed by atoms with E-state index in [0.717, 1.165) is 12.8 Å². The number of carboxylic acid groups (broad SMARTS) is 1. The van der Waals surface area contributed by atoms with Crippen LogP contribution in [0, 0.1) is 10.8 Å². The summed E-state index contributed by atoms with van der Waals surface area (Å²) in [6.07, 6.45) is 4.85. The van der Waals surface area contributed by atoms with E-state index in [1.165, 1.54) is 6.42 Å². The predicted octanol–water partition coefficient (Wildman–Crippen LogP) is 4.56. The molecule has 0 saturated heterocycles. The van der Waals surface area contributed by atoms with Crippen LogP contribution in [0.15, 0.2) is 16.7 Å². The van der Waals surface area contributed by atoms with Crippen molar-refractivity contribution >= 4 is 27.7 Å². The maximum absolute atomic E-state index is 11.4. The number of carboxylic acids is 1. The van der Waals surface area contributed by atoms with Crippen molar-refractivity contribution in [1.82, 2.24) is 4.98 Å². The minimum Gasteiger partial charge on any atom is -0.478 e. The van der Waals surface area contributed by atoms with Crippen LogP contribution in [0.5, 0.6) is 0 Å². The second kappa shape index (κ2) is 5.59. The highest BCUT2D eigenvalue weighted by molar-refractivity contribution is 9.10. The van der Waals surface area contributed by atoms with Gasteiger partial charge in [0.25, 0.3) is 0 Å². The lowest BCUT2D eigenvalue weighted by atomic mass is 9.63. The number of aromatic nitrogens is 1. The van der Waals surface area contributed by atoms with Crippen molar-refractivity contribution in [3.63, 3.8) is 0 Å². The summed E-state index contributed by atoms with van der Waals surface area (Å²) in [5.41, 5.74) is 0.710. The molecule has 1 aliphatic rings. The Kier molecular flexibility index (Phi) is 4.34. The number of aromatic carboxylic acids is 1. The van der Waals surface area contributed by atoms with E-state index in [4.69, 9.17) is 0 Å². The molecule has 0 aliphatic heterocycles. The maximum atomic E-state index is 11.4. The molecule has 0 atom stereocenters. The molecule has 0 bridgehead atoms. The summed E-state index contributed by atoms with van der Waals surface area (Å²) >= 11 is 3.27. The van der Waals surface area contributed by atoms with E-state index >= 15 is 0 Å². The summed E-state index contributed by atoms with van der Waals surface area (Å²) in [6.45, 7) is 9.09. The second-order valence-corrected chi connectivity index (χ2v) is 8.53. The Morgan fingerprint density at radius 2 is 1.90 bits per heavy atom. The molecule has 2 rings (SSSR count). The molecule has 0 spiro atoms. The Bertz CT molecular complexity index is 539. The molecule has 5 heteroatoms. The van der Waals surface area contributed by atoms with Crippen LogP contribution in [0.25, 0.3) is 0 Å². The number of rotatable bonds is 3. The molecular weight excluding hydrogens is 332 g/mol. The standard InChI is InChI=1S/C16H23BrN2O2/c1-15(2)6-11(7-16(3,4)9-15)19-13-12(14(20)21)5-10(17)8-18-13/h5,8,11H,6-7,9H2,1-4H3,(H,18,19)(H,20,21). The number of hydrogen-bond acceptors (Lipinski definition) is 3. The third-order valence-electron chi connectivity index (χ3n) is 3.98. The van der Waals surface area contributed by atoms with E-state index in [2.05, 4.69) is 53.9 Å². The molecule has 0 amide bonds. The topological polar surface area (TPSA) is 62.2 Å². The second-order valence-electron chi connectivity index (χ2n) is 7.61. The van der Waals surface area contributed by atoms with Crippen molar-refractivity contribution < 1.29 is 9.90 Å². The quantitative estimate of drug-likeness (QED) is 0.834. The van der Waals surface area contributed by atoms with Gasteiger partial charge in [-0.2, -0.15) is 0 Å². The maximum Gasteiger partial charge on any atom is 0.339 e. The Balaban J connectivity index is 2.24. The molecular formula is C16H23BrN2O2. The zero-order valence-corrected chi connectivity index (χ0v) is 14.6. The number of nitrogens with one attached hydrogen (secondary N) is 1. The highest BCUT2D eigenvalue weighted by Gasteiger charge is 2.38. The molecule has 116 valence electrons. The summed E-state index contributed by atoms with van der Waals surface area (Å²) in [7, 11) is 0. The number of nitrogens with zero attached hydrogens (tertiary/aromatic N) is 1. The average Bonchev–Trinajstić information content (AvgIpc) is 2.27. The van der Waals surface area contributed by atoms with Crippen LogP contribution in [-0.2, 0) is 0 Å². The van der Waals surface area contributed by atoms with E-state index in [1.807, 2.05) is 0 Å². The van der Waals surface area contributed by atoms with Crippen LogP contribution in [0.4, 0.5) is 5.82 Å². The Labute approximate surface area is 134 Å². The molecule has 1 heterocycles. The molecule has 4 nitrogen and oxygen atoms in total. The Morgan fingerprint density at radius 1 is 1.33 bits per heavy atom. The van der Waals surface area contributed by atoms with E-state index < -0.39 is 5.97 Å². The predicted molar refractivity (Wildman–Crippen MR) is 87.7 cm³/mol. The molecule has 1 saturated carbocycles. The first-order chi connectivity index (χ1) is 9.58. The third-order valence-corrected chi connectivity index (χ3v) is 4.41. The highest BCUT2D eigenvalue weighted by Crippen LogP contribution is 2.46. The summed E-state index contributed by atoms with van der Waals surface area (Å²) in [5, 5.41) is 12.7. The van der Waals surface area contributed by atoms with Gasteiger partial charge in [-0.15, -0.1) is 0 Å². The van der Waals surface area contributed by atoms with Gasteiger partial charge < -0.3 is 10.4 Å². The van der Waals surface area contributed by atoms with Crippen LogP contribution >= 0.6 is 15.9 Å². The molecule has 1 aliphatic carbocycles.